The number of rotatable bonds is 3. The molecule has 0 aromatic heterocycles. The van der Waals surface area contributed by atoms with Crippen LogP contribution < -0.4 is 4.90 Å². The van der Waals surface area contributed by atoms with Gasteiger partial charge in [-0.1, -0.05) is 19.1 Å². The first-order valence-corrected chi connectivity index (χ1v) is 6.25. The Kier molecular flexibility index (Phi) is 3.65. The molecule has 0 saturated heterocycles. The van der Waals surface area contributed by atoms with Crippen molar-refractivity contribution in [1.29, 1.82) is 0 Å². The van der Waals surface area contributed by atoms with E-state index in [4.69, 9.17) is 5.11 Å². The Morgan fingerprint density at radius 1 is 1.39 bits per heavy atom. The maximum Gasteiger partial charge on any atom is 0.307 e. The third-order valence-electron chi connectivity index (χ3n) is 3.23. The van der Waals surface area contributed by atoms with Crippen molar-refractivity contribution in [2.45, 2.75) is 32.6 Å². The van der Waals surface area contributed by atoms with E-state index in [0.29, 0.717) is 6.42 Å². The minimum Gasteiger partial charge on any atom is -0.481 e. The van der Waals surface area contributed by atoms with E-state index >= 15 is 0 Å². The van der Waals surface area contributed by atoms with Gasteiger partial charge in [-0.05, 0) is 30.0 Å². The molecule has 1 aliphatic heterocycles. The second-order valence-corrected chi connectivity index (χ2v) is 4.54. The van der Waals surface area contributed by atoms with E-state index in [2.05, 4.69) is 0 Å². The lowest BCUT2D eigenvalue weighted by atomic mass is 9.98. The highest BCUT2D eigenvalue weighted by Gasteiger charge is 2.21. The molecular weight excluding hydrogens is 230 g/mol. The van der Waals surface area contributed by atoms with Gasteiger partial charge in [-0.25, -0.2) is 0 Å². The number of anilines is 1. The molecule has 18 heavy (non-hydrogen) atoms. The summed E-state index contributed by atoms with van der Waals surface area (Å²) >= 11 is 0. The van der Waals surface area contributed by atoms with Gasteiger partial charge in [0.25, 0.3) is 0 Å². The summed E-state index contributed by atoms with van der Waals surface area (Å²) in [5.74, 6) is -0.748. The summed E-state index contributed by atoms with van der Waals surface area (Å²) in [7, 11) is 0. The first kappa shape index (κ1) is 12.6. The topological polar surface area (TPSA) is 57.6 Å². The van der Waals surface area contributed by atoms with Crippen LogP contribution in [0.1, 0.15) is 30.9 Å². The highest BCUT2D eigenvalue weighted by molar-refractivity contribution is 5.94. The second-order valence-electron chi connectivity index (χ2n) is 4.54. The smallest absolute Gasteiger partial charge is 0.307 e. The van der Waals surface area contributed by atoms with Gasteiger partial charge in [0.2, 0.25) is 5.91 Å². The Morgan fingerprint density at radius 3 is 2.83 bits per heavy atom. The Labute approximate surface area is 106 Å². The Balaban J connectivity index is 2.34. The lowest BCUT2D eigenvalue weighted by molar-refractivity contribution is -0.136. The maximum atomic E-state index is 11.9. The zero-order valence-corrected chi connectivity index (χ0v) is 10.5. The fourth-order valence-corrected chi connectivity index (χ4v) is 2.35. The van der Waals surface area contributed by atoms with Gasteiger partial charge in [0.15, 0.2) is 0 Å². The molecular formula is C14H17NO3. The van der Waals surface area contributed by atoms with Crippen LogP contribution in [0.15, 0.2) is 18.2 Å². The molecule has 0 aliphatic carbocycles. The monoisotopic (exact) mass is 247 g/mol. The molecule has 2 rings (SSSR count). The zero-order valence-electron chi connectivity index (χ0n) is 10.5. The van der Waals surface area contributed by atoms with Crippen LogP contribution in [0.4, 0.5) is 5.69 Å². The zero-order chi connectivity index (χ0) is 13.1. The summed E-state index contributed by atoms with van der Waals surface area (Å²) in [4.78, 5) is 24.4. The van der Waals surface area contributed by atoms with E-state index in [1.807, 2.05) is 25.1 Å². The molecule has 0 saturated carbocycles. The van der Waals surface area contributed by atoms with Crippen LogP contribution >= 0.6 is 0 Å². The fraction of sp³-hybridized carbons (Fsp3) is 0.429. The number of carbonyl (C=O) groups is 2. The van der Waals surface area contributed by atoms with Gasteiger partial charge >= 0.3 is 5.97 Å². The van der Waals surface area contributed by atoms with Crippen molar-refractivity contribution in [3.05, 3.63) is 29.3 Å². The molecule has 0 unspecified atom stereocenters. The number of carboxylic acid groups (broad SMARTS) is 1. The molecule has 1 aromatic carbocycles. The van der Waals surface area contributed by atoms with Crippen LogP contribution in [0.2, 0.25) is 0 Å². The summed E-state index contributed by atoms with van der Waals surface area (Å²) in [5, 5.41) is 8.81. The fourth-order valence-electron chi connectivity index (χ4n) is 2.35. The Morgan fingerprint density at radius 2 is 2.17 bits per heavy atom. The van der Waals surface area contributed by atoms with Crippen molar-refractivity contribution < 1.29 is 14.7 Å². The minimum absolute atomic E-state index is 0.00142. The molecule has 1 amide bonds. The average molecular weight is 247 g/mol. The van der Waals surface area contributed by atoms with Gasteiger partial charge < -0.3 is 10.0 Å². The van der Waals surface area contributed by atoms with Gasteiger partial charge in [0.1, 0.15) is 0 Å². The Hall–Kier alpha value is -1.84. The lowest BCUT2D eigenvalue weighted by Crippen LogP contribution is -2.35. The number of hydrogen-bond donors (Lipinski definition) is 1. The number of nitrogens with zero attached hydrogens (tertiary/aromatic N) is 1. The lowest BCUT2D eigenvalue weighted by Gasteiger charge is -2.29. The second kappa shape index (κ2) is 5.21. The van der Waals surface area contributed by atoms with Gasteiger partial charge in [-0.15, -0.1) is 0 Å². The van der Waals surface area contributed by atoms with Gasteiger partial charge in [0, 0.05) is 18.7 Å². The predicted molar refractivity (Wildman–Crippen MR) is 68.7 cm³/mol. The summed E-state index contributed by atoms with van der Waals surface area (Å²) in [6.45, 7) is 2.58. The number of carboxylic acids is 1. The average Bonchev–Trinajstić information content (AvgIpc) is 2.36. The molecule has 4 heteroatoms. The van der Waals surface area contributed by atoms with Crippen molar-refractivity contribution >= 4 is 17.6 Å². The molecule has 0 fully saturated rings. The van der Waals surface area contributed by atoms with Gasteiger partial charge in [0.05, 0.1) is 6.42 Å². The molecule has 1 N–H and O–H groups in total. The largest absolute Gasteiger partial charge is 0.481 e. The summed E-state index contributed by atoms with van der Waals surface area (Å²) in [6, 6.07) is 5.63. The minimum atomic E-state index is -0.848. The number of carbonyl (C=O) groups excluding carboxylic acids is 1. The SMILES string of the molecule is CCC(=O)N1CCCc2ccc(CC(=O)O)cc21. The number of hydrogen-bond acceptors (Lipinski definition) is 2. The van der Waals surface area contributed by atoms with Crippen molar-refractivity contribution in [2.75, 3.05) is 11.4 Å². The van der Waals surface area contributed by atoms with Crippen LogP contribution in [-0.4, -0.2) is 23.5 Å². The molecule has 0 radical (unpaired) electrons. The molecule has 4 nitrogen and oxygen atoms in total. The van der Waals surface area contributed by atoms with Crippen LogP contribution in [0.3, 0.4) is 0 Å². The summed E-state index contributed by atoms with van der Waals surface area (Å²) in [6.07, 6.45) is 2.40. The number of benzene rings is 1. The number of aliphatic carboxylic acids is 1. The van der Waals surface area contributed by atoms with Crippen molar-refractivity contribution in [1.82, 2.24) is 0 Å². The first-order valence-electron chi connectivity index (χ1n) is 6.25. The maximum absolute atomic E-state index is 11.9. The molecule has 96 valence electrons. The first-order chi connectivity index (χ1) is 8.61. The third-order valence-corrected chi connectivity index (χ3v) is 3.23. The highest BCUT2D eigenvalue weighted by atomic mass is 16.4. The number of aryl methyl sites for hydroxylation is 1. The van der Waals surface area contributed by atoms with Crippen LogP contribution in [0.25, 0.3) is 0 Å². The van der Waals surface area contributed by atoms with E-state index < -0.39 is 5.97 Å². The standard InChI is InChI=1S/C14H17NO3/c1-2-13(16)15-7-3-4-11-6-5-10(8-12(11)15)9-14(17)18/h5-6,8H,2-4,7,9H2,1H3,(H,17,18). The molecule has 1 heterocycles. The molecule has 0 spiro atoms. The van der Waals surface area contributed by atoms with Crippen LogP contribution in [0.5, 0.6) is 0 Å². The molecule has 1 aliphatic rings. The molecule has 0 atom stereocenters. The summed E-state index contributed by atoms with van der Waals surface area (Å²) < 4.78 is 0. The number of fused-ring (bicyclic) bond motifs is 1. The van der Waals surface area contributed by atoms with Gasteiger partial charge in [-0.3, -0.25) is 9.59 Å². The van der Waals surface area contributed by atoms with E-state index in [-0.39, 0.29) is 12.3 Å². The molecule has 0 bridgehead atoms. The number of amides is 1. The third kappa shape index (κ3) is 2.53. The van der Waals surface area contributed by atoms with Crippen LogP contribution in [-0.2, 0) is 22.4 Å². The highest BCUT2D eigenvalue weighted by Crippen LogP contribution is 2.29. The van der Waals surface area contributed by atoms with E-state index in [1.54, 1.807) is 4.90 Å². The van der Waals surface area contributed by atoms with Crippen molar-refractivity contribution in [3.63, 3.8) is 0 Å². The van der Waals surface area contributed by atoms with E-state index in [0.717, 1.165) is 36.2 Å². The van der Waals surface area contributed by atoms with Crippen molar-refractivity contribution in [3.8, 4) is 0 Å². The van der Waals surface area contributed by atoms with Gasteiger partial charge in [-0.2, -0.15) is 0 Å². The van der Waals surface area contributed by atoms with Crippen molar-refractivity contribution in [2.24, 2.45) is 0 Å². The quantitative estimate of drug-likeness (QED) is 0.888. The normalized spacial score (nSPS) is 14.2. The van der Waals surface area contributed by atoms with Crippen LogP contribution in [0, 0.1) is 0 Å². The van der Waals surface area contributed by atoms with E-state index in [9.17, 15) is 9.59 Å². The summed E-state index contributed by atoms with van der Waals surface area (Å²) in [5.41, 5.74) is 2.78. The molecule has 1 aromatic rings. The Bertz CT molecular complexity index is 482. The van der Waals surface area contributed by atoms with E-state index in [1.165, 1.54) is 0 Å². The predicted octanol–water partition coefficient (Wildman–Crippen LogP) is 2.00.